The monoisotopic (exact) mass is 369 g/mol. The molecule has 2 heterocycles. The van der Waals surface area contributed by atoms with Gasteiger partial charge in [0.1, 0.15) is 12.2 Å². The summed E-state index contributed by atoms with van der Waals surface area (Å²) in [6.07, 6.45) is 10.4. The van der Waals surface area contributed by atoms with Gasteiger partial charge in [-0.25, -0.2) is 0 Å². The van der Waals surface area contributed by atoms with Gasteiger partial charge in [-0.2, -0.15) is 0 Å². The van der Waals surface area contributed by atoms with Crippen LogP contribution in [0.25, 0.3) is 0 Å². The summed E-state index contributed by atoms with van der Waals surface area (Å²) in [6, 6.07) is -1.05. The standard InChI is InChI=1S/C19H31NO6/c1-2-3-4-5-6-7-8-9-14-15(26-14)10-11-16(22)19(25)17(23)13(12-21)20-18(19)24/h10-11,13-15,17,21,23,25H,2-9,12H2,1H3,(H,20,24)/t13-,14+,15+,17-,19+/m0/s1. The number of ether oxygens (including phenoxy) is 1. The number of amides is 1. The molecule has 2 aliphatic heterocycles. The smallest absolute Gasteiger partial charge is 0.263 e. The average Bonchev–Trinajstić information content (AvgIpc) is 3.35. The van der Waals surface area contributed by atoms with Crippen molar-refractivity contribution in [3.05, 3.63) is 12.2 Å². The van der Waals surface area contributed by atoms with Crippen LogP contribution < -0.4 is 5.32 Å². The Hall–Kier alpha value is -1.28. The first kappa shape index (κ1) is 21.0. The van der Waals surface area contributed by atoms with Crippen LogP contribution in [0.2, 0.25) is 0 Å². The van der Waals surface area contributed by atoms with Gasteiger partial charge in [-0.05, 0) is 18.6 Å². The fourth-order valence-electron chi connectivity index (χ4n) is 3.36. The predicted octanol–water partition coefficient (Wildman–Crippen LogP) is 0.602. The first-order valence-electron chi connectivity index (χ1n) is 9.65. The first-order valence-corrected chi connectivity index (χ1v) is 9.65. The van der Waals surface area contributed by atoms with Crippen LogP contribution >= 0.6 is 0 Å². The second kappa shape index (κ2) is 9.60. The van der Waals surface area contributed by atoms with Crippen LogP contribution in [0.3, 0.4) is 0 Å². The van der Waals surface area contributed by atoms with Crippen molar-refractivity contribution in [2.75, 3.05) is 6.61 Å². The zero-order valence-electron chi connectivity index (χ0n) is 15.4. The van der Waals surface area contributed by atoms with Crippen molar-refractivity contribution in [2.45, 2.75) is 88.2 Å². The van der Waals surface area contributed by atoms with Gasteiger partial charge in [-0.15, -0.1) is 0 Å². The van der Waals surface area contributed by atoms with E-state index in [2.05, 4.69) is 12.2 Å². The predicted molar refractivity (Wildman–Crippen MR) is 95.4 cm³/mol. The summed E-state index contributed by atoms with van der Waals surface area (Å²) >= 11 is 0. The maximum absolute atomic E-state index is 12.2. The van der Waals surface area contributed by atoms with Gasteiger partial charge in [-0.1, -0.05) is 51.9 Å². The molecule has 0 aromatic heterocycles. The van der Waals surface area contributed by atoms with E-state index in [1.54, 1.807) is 0 Å². The Balaban J connectivity index is 1.69. The minimum Gasteiger partial charge on any atom is -0.394 e. The van der Waals surface area contributed by atoms with Gasteiger partial charge in [0, 0.05) is 0 Å². The van der Waals surface area contributed by atoms with Crippen molar-refractivity contribution in [3.8, 4) is 0 Å². The third-order valence-corrected chi connectivity index (χ3v) is 5.20. The van der Waals surface area contributed by atoms with Gasteiger partial charge in [0.05, 0.1) is 18.8 Å². The van der Waals surface area contributed by atoms with Gasteiger partial charge in [-0.3, -0.25) is 9.59 Å². The quantitative estimate of drug-likeness (QED) is 0.173. The lowest BCUT2D eigenvalue weighted by Crippen LogP contribution is -2.52. The molecule has 7 nitrogen and oxygen atoms in total. The van der Waals surface area contributed by atoms with E-state index in [1.807, 2.05) is 0 Å². The second-order valence-corrected chi connectivity index (χ2v) is 7.25. The summed E-state index contributed by atoms with van der Waals surface area (Å²) in [6.45, 7) is 1.64. The number of aliphatic hydroxyl groups excluding tert-OH is 2. The number of nitrogens with one attached hydrogen (secondary N) is 1. The molecule has 0 aromatic rings. The van der Waals surface area contributed by atoms with E-state index in [0.29, 0.717) is 0 Å². The summed E-state index contributed by atoms with van der Waals surface area (Å²) in [4.78, 5) is 24.0. The topological polar surface area (TPSA) is 119 Å². The van der Waals surface area contributed by atoms with Crippen LogP contribution in [0.15, 0.2) is 12.2 Å². The molecule has 26 heavy (non-hydrogen) atoms. The maximum atomic E-state index is 12.2. The molecule has 2 aliphatic rings. The Bertz CT molecular complexity index is 522. The van der Waals surface area contributed by atoms with Gasteiger partial charge in [0.2, 0.25) is 5.60 Å². The minimum absolute atomic E-state index is 0.0804. The van der Waals surface area contributed by atoms with E-state index in [-0.39, 0.29) is 12.2 Å². The molecule has 0 saturated carbocycles. The Labute approximate surface area is 154 Å². The van der Waals surface area contributed by atoms with E-state index in [9.17, 15) is 19.8 Å². The van der Waals surface area contributed by atoms with E-state index in [0.717, 1.165) is 18.9 Å². The number of hydrogen-bond acceptors (Lipinski definition) is 6. The highest BCUT2D eigenvalue weighted by molar-refractivity contribution is 6.16. The molecule has 7 heteroatoms. The lowest BCUT2D eigenvalue weighted by molar-refractivity contribution is -0.154. The summed E-state index contributed by atoms with van der Waals surface area (Å²) in [5.41, 5.74) is -2.55. The van der Waals surface area contributed by atoms with E-state index in [1.165, 1.54) is 44.6 Å². The van der Waals surface area contributed by atoms with Gasteiger partial charge in [0.25, 0.3) is 5.91 Å². The lowest BCUT2D eigenvalue weighted by atomic mass is 9.91. The van der Waals surface area contributed by atoms with E-state index >= 15 is 0 Å². The zero-order valence-corrected chi connectivity index (χ0v) is 15.4. The van der Waals surface area contributed by atoms with Crippen molar-refractivity contribution in [1.29, 1.82) is 0 Å². The highest BCUT2D eigenvalue weighted by Gasteiger charge is 2.58. The number of carbonyl (C=O) groups excluding carboxylic acids is 2. The van der Waals surface area contributed by atoms with E-state index < -0.39 is 36.0 Å². The van der Waals surface area contributed by atoms with Crippen LogP contribution in [-0.2, 0) is 14.3 Å². The number of hydrogen-bond donors (Lipinski definition) is 4. The van der Waals surface area contributed by atoms with Crippen LogP contribution in [0, 0.1) is 0 Å². The van der Waals surface area contributed by atoms with Gasteiger partial charge in [0.15, 0.2) is 5.78 Å². The molecule has 5 atom stereocenters. The molecule has 1 amide bonds. The number of ketones is 1. The van der Waals surface area contributed by atoms with Crippen LogP contribution in [0.5, 0.6) is 0 Å². The fourth-order valence-corrected chi connectivity index (χ4v) is 3.36. The van der Waals surface area contributed by atoms with Crippen LogP contribution in [-0.4, -0.2) is 63.6 Å². The molecular formula is C19H31NO6. The Morgan fingerprint density at radius 3 is 2.50 bits per heavy atom. The van der Waals surface area contributed by atoms with Crippen molar-refractivity contribution in [3.63, 3.8) is 0 Å². The molecule has 0 aliphatic carbocycles. The Morgan fingerprint density at radius 2 is 1.88 bits per heavy atom. The summed E-state index contributed by atoms with van der Waals surface area (Å²) < 4.78 is 5.48. The minimum atomic E-state index is -2.55. The third-order valence-electron chi connectivity index (χ3n) is 5.20. The highest BCUT2D eigenvalue weighted by atomic mass is 16.6. The zero-order chi connectivity index (χ0) is 19.2. The first-order chi connectivity index (χ1) is 12.4. The normalized spacial score (nSPS) is 33.6. The lowest BCUT2D eigenvalue weighted by Gasteiger charge is -2.21. The molecule has 0 aromatic carbocycles. The Morgan fingerprint density at radius 1 is 1.23 bits per heavy atom. The third kappa shape index (κ3) is 4.91. The molecule has 148 valence electrons. The van der Waals surface area contributed by atoms with Crippen LogP contribution in [0.4, 0.5) is 0 Å². The molecule has 4 N–H and O–H groups in total. The Kier molecular flexibility index (Phi) is 7.76. The summed E-state index contributed by atoms with van der Waals surface area (Å²) in [7, 11) is 0. The van der Waals surface area contributed by atoms with Gasteiger partial charge < -0.3 is 25.4 Å². The fraction of sp³-hybridized carbons (Fsp3) is 0.789. The van der Waals surface area contributed by atoms with E-state index in [4.69, 9.17) is 9.84 Å². The molecule has 0 spiro atoms. The summed E-state index contributed by atoms with van der Waals surface area (Å²) in [5.74, 6) is -1.89. The highest BCUT2D eigenvalue weighted by Crippen LogP contribution is 2.30. The van der Waals surface area contributed by atoms with Crippen molar-refractivity contribution < 1.29 is 29.6 Å². The summed E-state index contributed by atoms with van der Waals surface area (Å²) in [5, 5.41) is 31.4. The van der Waals surface area contributed by atoms with Gasteiger partial charge >= 0.3 is 0 Å². The average molecular weight is 369 g/mol. The van der Waals surface area contributed by atoms with Crippen molar-refractivity contribution in [2.24, 2.45) is 0 Å². The molecule has 2 rings (SSSR count). The molecule has 2 fully saturated rings. The number of rotatable bonds is 12. The number of unbranched alkanes of at least 4 members (excludes halogenated alkanes) is 6. The molecule has 2 saturated heterocycles. The molecule has 0 radical (unpaired) electrons. The van der Waals surface area contributed by atoms with Crippen molar-refractivity contribution >= 4 is 11.7 Å². The number of aliphatic hydroxyl groups is 3. The molecular weight excluding hydrogens is 338 g/mol. The van der Waals surface area contributed by atoms with Crippen LogP contribution in [0.1, 0.15) is 58.3 Å². The largest absolute Gasteiger partial charge is 0.394 e. The SMILES string of the molecule is CCCCCCCCC[C@H]1O[C@@H]1C=CC(=O)[C@]1(O)C(=O)N[C@@H](CO)[C@@H]1O. The molecule has 0 bridgehead atoms. The van der Waals surface area contributed by atoms with Crippen molar-refractivity contribution in [1.82, 2.24) is 5.32 Å². The molecule has 0 unspecified atom stereocenters. The maximum Gasteiger partial charge on any atom is 0.263 e. The number of epoxide rings is 1. The second-order valence-electron chi connectivity index (χ2n) is 7.25. The number of carbonyl (C=O) groups is 2.